The van der Waals surface area contributed by atoms with Gasteiger partial charge in [-0.25, -0.2) is 4.79 Å². The van der Waals surface area contributed by atoms with E-state index in [1.807, 2.05) is 11.0 Å². The summed E-state index contributed by atoms with van der Waals surface area (Å²) in [5, 5.41) is 6.23. The highest BCUT2D eigenvalue weighted by Crippen LogP contribution is 2.22. The Bertz CT molecular complexity index is 678. The molecule has 1 N–H and O–H groups in total. The molecule has 1 aromatic carbocycles. The van der Waals surface area contributed by atoms with Gasteiger partial charge in [-0.05, 0) is 41.8 Å². The Balaban J connectivity index is 1.54. The molecule has 7 heteroatoms. The van der Waals surface area contributed by atoms with E-state index >= 15 is 0 Å². The molecule has 0 spiro atoms. The second-order valence-electron chi connectivity index (χ2n) is 5.33. The number of hydrogen-bond donors (Lipinski definition) is 1. The van der Waals surface area contributed by atoms with Gasteiger partial charge in [0.25, 0.3) is 0 Å². The number of amides is 2. The van der Waals surface area contributed by atoms with Crippen LogP contribution < -0.4 is 10.2 Å². The first-order chi connectivity index (χ1) is 11.1. The van der Waals surface area contributed by atoms with Crippen LogP contribution in [0.3, 0.4) is 0 Å². The number of anilines is 2. The molecular formula is C16H19N3O2S2. The SMILES string of the molecule is C[S@@](=O)c1ccc(NC(=O)N2CCN(c3cccs3)CC2)cc1. The van der Waals surface area contributed by atoms with E-state index in [-0.39, 0.29) is 6.03 Å². The zero-order valence-electron chi connectivity index (χ0n) is 12.9. The molecule has 2 aromatic rings. The van der Waals surface area contributed by atoms with Crippen LogP contribution in [0.15, 0.2) is 46.7 Å². The summed E-state index contributed by atoms with van der Waals surface area (Å²) < 4.78 is 11.4. The average Bonchev–Trinajstić information content (AvgIpc) is 3.10. The summed E-state index contributed by atoms with van der Waals surface area (Å²) in [7, 11) is -1.00. The van der Waals surface area contributed by atoms with Crippen LogP contribution in [-0.2, 0) is 10.8 Å². The second kappa shape index (κ2) is 7.14. The van der Waals surface area contributed by atoms with Crippen LogP contribution in [0.5, 0.6) is 0 Å². The number of hydrogen-bond acceptors (Lipinski definition) is 4. The summed E-state index contributed by atoms with van der Waals surface area (Å²) in [4.78, 5) is 17.2. The third-order valence-electron chi connectivity index (χ3n) is 3.82. The van der Waals surface area contributed by atoms with Gasteiger partial charge in [-0.3, -0.25) is 4.21 Å². The number of nitrogens with zero attached hydrogens (tertiary/aromatic N) is 2. The minimum Gasteiger partial charge on any atom is -0.360 e. The Kier molecular flexibility index (Phi) is 4.97. The molecule has 1 fully saturated rings. The molecule has 0 saturated carbocycles. The van der Waals surface area contributed by atoms with E-state index in [4.69, 9.17) is 0 Å². The topological polar surface area (TPSA) is 52.7 Å². The van der Waals surface area contributed by atoms with Gasteiger partial charge in [0.1, 0.15) is 0 Å². The molecular weight excluding hydrogens is 330 g/mol. The first-order valence-corrected chi connectivity index (χ1v) is 9.85. The van der Waals surface area contributed by atoms with Gasteiger partial charge >= 0.3 is 6.03 Å². The number of rotatable bonds is 3. The molecule has 5 nitrogen and oxygen atoms in total. The molecule has 1 aliphatic heterocycles. The van der Waals surface area contributed by atoms with Crippen LogP contribution in [0, 0.1) is 0 Å². The number of carbonyl (C=O) groups excluding carboxylic acids is 1. The highest BCUT2D eigenvalue weighted by atomic mass is 32.2. The van der Waals surface area contributed by atoms with Gasteiger partial charge in [-0.15, -0.1) is 11.3 Å². The highest BCUT2D eigenvalue weighted by molar-refractivity contribution is 7.84. The maximum Gasteiger partial charge on any atom is 0.321 e. The Morgan fingerprint density at radius 1 is 1.13 bits per heavy atom. The van der Waals surface area contributed by atoms with Crippen LogP contribution in [0.2, 0.25) is 0 Å². The lowest BCUT2D eigenvalue weighted by molar-refractivity contribution is 0.208. The van der Waals surface area contributed by atoms with Crippen molar-refractivity contribution in [2.24, 2.45) is 0 Å². The summed E-state index contributed by atoms with van der Waals surface area (Å²) in [5.41, 5.74) is 0.727. The first kappa shape index (κ1) is 16.0. The van der Waals surface area contributed by atoms with E-state index in [0.29, 0.717) is 13.1 Å². The summed E-state index contributed by atoms with van der Waals surface area (Å²) in [5.74, 6) is 0. The van der Waals surface area contributed by atoms with E-state index in [1.54, 1.807) is 41.9 Å². The van der Waals surface area contributed by atoms with Crippen molar-refractivity contribution in [3.05, 3.63) is 41.8 Å². The molecule has 3 rings (SSSR count). The van der Waals surface area contributed by atoms with E-state index in [9.17, 15) is 9.00 Å². The fraction of sp³-hybridized carbons (Fsp3) is 0.312. The van der Waals surface area contributed by atoms with Crippen molar-refractivity contribution in [2.45, 2.75) is 4.90 Å². The Labute approximate surface area is 142 Å². The number of carbonyl (C=O) groups is 1. The van der Waals surface area contributed by atoms with Crippen LogP contribution in [0.1, 0.15) is 0 Å². The van der Waals surface area contributed by atoms with Gasteiger partial charge in [0, 0.05) is 53.8 Å². The standard InChI is InChI=1S/C16H19N3O2S2/c1-23(21)14-6-4-13(5-7-14)17-16(20)19-10-8-18(9-11-19)15-3-2-12-22-15/h2-7,12H,8-11H2,1H3,(H,17,20)/t23-/m1/s1. The van der Waals surface area contributed by atoms with Gasteiger partial charge < -0.3 is 15.1 Å². The highest BCUT2D eigenvalue weighted by Gasteiger charge is 2.21. The van der Waals surface area contributed by atoms with Crippen LogP contribution >= 0.6 is 11.3 Å². The minimum absolute atomic E-state index is 0.0822. The first-order valence-electron chi connectivity index (χ1n) is 7.41. The molecule has 2 amide bonds. The number of benzene rings is 1. The fourth-order valence-electron chi connectivity index (χ4n) is 2.51. The lowest BCUT2D eigenvalue weighted by Gasteiger charge is -2.35. The number of nitrogens with one attached hydrogen (secondary N) is 1. The molecule has 0 unspecified atom stereocenters. The summed E-state index contributed by atoms with van der Waals surface area (Å²) >= 11 is 1.73. The zero-order chi connectivity index (χ0) is 16.2. The van der Waals surface area contributed by atoms with Crippen molar-refractivity contribution < 1.29 is 9.00 Å². The maximum atomic E-state index is 12.3. The molecule has 1 saturated heterocycles. The van der Waals surface area contributed by atoms with Crippen molar-refractivity contribution in [3.8, 4) is 0 Å². The summed E-state index contributed by atoms with van der Waals surface area (Å²) in [6.07, 6.45) is 1.64. The van der Waals surface area contributed by atoms with Crippen LogP contribution in [0.4, 0.5) is 15.5 Å². The Morgan fingerprint density at radius 2 is 1.83 bits per heavy atom. The Morgan fingerprint density at radius 3 is 2.39 bits per heavy atom. The lowest BCUT2D eigenvalue weighted by atomic mass is 10.3. The van der Waals surface area contributed by atoms with E-state index in [1.165, 1.54) is 5.00 Å². The monoisotopic (exact) mass is 349 g/mol. The van der Waals surface area contributed by atoms with E-state index < -0.39 is 10.8 Å². The third-order valence-corrected chi connectivity index (χ3v) is 5.69. The predicted molar refractivity (Wildman–Crippen MR) is 95.9 cm³/mol. The van der Waals surface area contributed by atoms with Gasteiger partial charge in [0.15, 0.2) is 0 Å². The minimum atomic E-state index is -1.00. The molecule has 0 aliphatic carbocycles. The number of thiophene rings is 1. The van der Waals surface area contributed by atoms with Gasteiger partial charge in [0.05, 0.1) is 5.00 Å². The van der Waals surface area contributed by atoms with Crippen LogP contribution in [0.25, 0.3) is 0 Å². The normalized spacial score (nSPS) is 16.2. The molecule has 0 radical (unpaired) electrons. The Hall–Kier alpha value is -1.86. The van der Waals surface area contributed by atoms with Crippen LogP contribution in [-0.4, -0.2) is 47.6 Å². The molecule has 122 valence electrons. The second-order valence-corrected chi connectivity index (χ2v) is 7.64. The molecule has 23 heavy (non-hydrogen) atoms. The lowest BCUT2D eigenvalue weighted by Crippen LogP contribution is -2.49. The molecule has 1 aromatic heterocycles. The van der Waals surface area contributed by atoms with Gasteiger partial charge in [-0.1, -0.05) is 0 Å². The molecule has 1 atom stereocenters. The maximum absolute atomic E-state index is 12.3. The fourth-order valence-corrected chi connectivity index (χ4v) is 3.82. The molecule has 2 heterocycles. The quantitative estimate of drug-likeness (QED) is 0.927. The zero-order valence-corrected chi connectivity index (χ0v) is 14.5. The largest absolute Gasteiger partial charge is 0.360 e. The van der Waals surface area contributed by atoms with Crippen molar-refractivity contribution >= 4 is 38.9 Å². The molecule has 1 aliphatic rings. The summed E-state index contributed by atoms with van der Waals surface area (Å²) in [6, 6.07) is 11.2. The third kappa shape index (κ3) is 3.92. The predicted octanol–water partition coefficient (Wildman–Crippen LogP) is 2.84. The summed E-state index contributed by atoms with van der Waals surface area (Å²) in [6.45, 7) is 3.12. The number of urea groups is 1. The smallest absolute Gasteiger partial charge is 0.321 e. The number of piperazine rings is 1. The van der Waals surface area contributed by atoms with Crippen molar-refractivity contribution in [3.63, 3.8) is 0 Å². The molecule has 0 bridgehead atoms. The van der Waals surface area contributed by atoms with Gasteiger partial charge in [0.2, 0.25) is 0 Å². The van der Waals surface area contributed by atoms with Crippen molar-refractivity contribution in [1.29, 1.82) is 0 Å². The van der Waals surface area contributed by atoms with E-state index in [2.05, 4.69) is 21.7 Å². The van der Waals surface area contributed by atoms with Crippen molar-refractivity contribution in [1.82, 2.24) is 4.90 Å². The van der Waals surface area contributed by atoms with Crippen molar-refractivity contribution in [2.75, 3.05) is 42.7 Å². The van der Waals surface area contributed by atoms with E-state index in [0.717, 1.165) is 23.7 Å². The average molecular weight is 349 g/mol. The van der Waals surface area contributed by atoms with Gasteiger partial charge in [-0.2, -0.15) is 0 Å².